The number of ether oxygens (including phenoxy) is 1. The van der Waals surface area contributed by atoms with Crippen LogP contribution in [0.1, 0.15) is 28.4 Å². The van der Waals surface area contributed by atoms with Crippen LogP contribution in [-0.4, -0.2) is 53.2 Å². The number of likely N-dealkylation sites (tertiary alicyclic amines) is 1. The topological polar surface area (TPSA) is 101 Å². The highest BCUT2D eigenvalue weighted by Crippen LogP contribution is 2.34. The third-order valence-electron chi connectivity index (χ3n) is 3.65. The monoisotopic (exact) mass is 278 g/mol. The standard InChI is InChI=1S/C13H18N4O3/c1-3-11(18)17-5-4-8(10(17)7-20-2)12-9(13(14)19)6-15-16-12/h3,6,8,10H,1,4-5,7H2,2H3,(H2,14,19)(H,15,16)/t8-,10?/m0/s1. The molecule has 0 bridgehead atoms. The van der Waals surface area contributed by atoms with Crippen molar-refractivity contribution in [2.24, 2.45) is 5.73 Å². The Labute approximate surface area is 116 Å². The van der Waals surface area contributed by atoms with Gasteiger partial charge < -0.3 is 15.4 Å². The van der Waals surface area contributed by atoms with Crippen molar-refractivity contribution < 1.29 is 14.3 Å². The molecule has 0 radical (unpaired) electrons. The smallest absolute Gasteiger partial charge is 0.252 e. The largest absolute Gasteiger partial charge is 0.383 e. The van der Waals surface area contributed by atoms with Crippen LogP contribution in [-0.2, 0) is 9.53 Å². The quantitative estimate of drug-likeness (QED) is 0.742. The summed E-state index contributed by atoms with van der Waals surface area (Å²) in [6.45, 7) is 4.47. The van der Waals surface area contributed by atoms with Crippen LogP contribution in [0.3, 0.4) is 0 Å². The van der Waals surface area contributed by atoms with Gasteiger partial charge >= 0.3 is 0 Å². The van der Waals surface area contributed by atoms with Crippen molar-refractivity contribution >= 4 is 11.8 Å². The molecule has 2 atom stereocenters. The average Bonchev–Trinajstić information content (AvgIpc) is 3.04. The Morgan fingerprint density at radius 1 is 1.70 bits per heavy atom. The van der Waals surface area contributed by atoms with Crippen LogP contribution in [0.15, 0.2) is 18.9 Å². The fourth-order valence-corrected chi connectivity index (χ4v) is 2.73. The lowest BCUT2D eigenvalue weighted by atomic mass is 9.94. The van der Waals surface area contributed by atoms with Gasteiger partial charge in [0.15, 0.2) is 0 Å². The predicted octanol–water partition coefficient (Wildman–Crippen LogP) is 0.0255. The number of carbonyl (C=O) groups excluding carboxylic acids is 2. The van der Waals surface area contributed by atoms with E-state index >= 15 is 0 Å². The molecule has 0 aliphatic carbocycles. The number of carbonyl (C=O) groups is 2. The van der Waals surface area contributed by atoms with Gasteiger partial charge in [0.05, 0.1) is 30.1 Å². The Balaban J connectivity index is 2.31. The van der Waals surface area contributed by atoms with Crippen molar-refractivity contribution in [1.82, 2.24) is 15.1 Å². The summed E-state index contributed by atoms with van der Waals surface area (Å²) in [5, 5.41) is 6.71. The van der Waals surface area contributed by atoms with Crippen molar-refractivity contribution in [3.8, 4) is 0 Å². The average molecular weight is 278 g/mol. The molecule has 3 N–H and O–H groups in total. The first-order valence-electron chi connectivity index (χ1n) is 6.35. The van der Waals surface area contributed by atoms with Gasteiger partial charge in [0.1, 0.15) is 0 Å². The van der Waals surface area contributed by atoms with Crippen molar-refractivity contribution in [2.45, 2.75) is 18.4 Å². The van der Waals surface area contributed by atoms with E-state index in [1.165, 1.54) is 12.3 Å². The van der Waals surface area contributed by atoms with E-state index in [9.17, 15) is 9.59 Å². The number of methoxy groups -OCH3 is 1. The molecule has 0 saturated carbocycles. The predicted molar refractivity (Wildman–Crippen MR) is 72.0 cm³/mol. The number of rotatable bonds is 5. The fraction of sp³-hybridized carbons (Fsp3) is 0.462. The number of nitrogens with one attached hydrogen (secondary N) is 1. The van der Waals surface area contributed by atoms with E-state index in [2.05, 4.69) is 16.8 Å². The zero-order valence-corrected chi connectivity index (χ0v) is 11.3. The maximum atomic E-state index is 11.9. The number of nitrogens with zero attached hydrogens (tertiary/aromatic N) is 2. The van der Waals surface area contributed by atoms with Gasteiger partial charge in [0.25, 0.3) is 5.91 Å². The molecule has 7 heteroatoms. The maximum absolute atomic E-state index is 11.9. The molecule has 2 rings (SSSR count). The fourth-order valence-electron chi connectivity index (χ4n) is 2.73. The van der Waals surface area contributed by atoms with Gasteiger partial charge in [-0.3, -0.25) is 14.7 Å². The van der Waals surface area contributed by atoms with E-state index in [0.717, 1.165) is 6.42 Å². The van der Waals surface area contributed by atoms with E-state index in [1.807, 2.05) is 0 Å². The lowest BCUT2D eigenvalue weighted by molar-refractivity contribution is -0.127. The molecule has 1 unspecified atom stereocenters. The molecule has 2 heterocycles. The van der Waals surface area contributed by atoms with Gasteiger partial charge in [-0.2, -0.15) is 5.10 Å². The van der Waals surface area contributed by atoms with Gasteiger partial charge in [-0.25, -0.2) is 0 Å². The van der Waals surface area contributed by atoms with Crippen molar-refractivity contribution in [3.63, 3.8) is 0 Å². The first-order valence-corrected chi connectivity index (χ1v) is 6.35. The van der Waals surface area contributed by atoms with Crippen LogP contribution >= 0.6 is 0 Å². The summed E-state index contributed by atoms with van der Waals surface area (Å²) in [7, 11) is 1.58. The van der Waals surface area contributed by atoms with Gasteiger partial charge in [-0.15, -0.1) is 0 Å². The highest BCUT2D eigenvalue weighted by molar-refractivity contribution is 5.94. The summed E-state index contributed by atoms with van der Waals surface area (Å²) in [5.74, 6) is -0.725. The minimum atomic E-state index is -0.529. The van der Waals surface area contributed by atoms with Crippen LogP contribution < -0.4 is 5.73 Å². The third kappa shape index (κ3) is 2.44. The van der Waals surface area contributed by atoms with Gasteiger partial charge in [0, 0.05) is 19.6 Å². The minimum Gasteiger partial charge on any atom is -0.383 e. The van der Waals surface area contributed by atoms with Crippen LogP contribution in [0.5, 0.6) is 0 Å². The Morgan fingerprint density at radius 2 is 2.45 bits per heavy atom. The van der Waals surface area contributed by atoms with Gasteiger partial charge in [0.2, 0.25) is 5.91 Å². The summed E-state index contributed by atoms with van der Waals surface area (Å²) in [6.07, 6.45) is 3.42. The Morgan fingerprint density at radius 3 is 3.05 bits per heavy atom. The second-order valence-electron chi connectivity index (χ2n) is 4.72. The van der Waals surface area contributed by atoms with Crippen LogP contribution in [0, 0.1) is 0 Å². The highest BCUT2D eigenvalue weighted by atomic mass is 16.5. The molecule has 0 spiro atoms. The molecule has 1 aromatic heterocycles. The van der Waals surface area contributed by atoms with E-state index in [-0.39, 0.29) is 17.9 Å². The molecule has 1 aliphatic rings. The van der Waals surface area contributed by atoms with E-state index in [1.54, 1.807) is 12.0 Å². The van der Waals surface area contributed by atoms with E-state index < -0.39 is 5.91 Å². The first kappa shape index (κ1) is 14.3. The van der Waals surface area contributed by atoms with Gasteiger partial charge in [-0.1, -0.05) is 6.58 Å². The van der Waals surface area contributed by atoms with Crippen molar-refractivity contribution in [2.75, 3.05) is 20.3 Å². The second-order valence-corrected chi connectivity index (χ2v) is 4.72. The lowest BCUT2D eigenvalue weighted by Crippen LogP contribution is -2.39. The molecular weight excluding hydrogens is 260 g/mol. The molecule has 1 aliphatic heterocycles. The number of hydrogen-bond donors (Lipinski definition) is 2. The van der Waals surface area contributed by atoms with Crippen molar-refractivity contribution in [1.29, 1.82) is 0 Å². The molecule has 108 valence electrons. The number of nitrogens with two attached hydrogens (primary N) is 1. The summed E-state index contributed by atoms with van der Waals surface area (Å²) < 4.78 is 5.20. The number of amides is 2. The Hall–Kier alpha value is -2.15. The second kappa shape index (κ2) is 5.87. The molecule has 20 heavy (non-hydrogen) atoms. The molecular formula is C13H18N4O3. The molecule has 1 fully saturated rings. The highest BCUT2D eigenvalue weighted by Gasteiger charge is 2.39. The minimum absolute atomic E-state index is 0.0520. The SMILES string of the molecule is C=CC(=O)N1CC[C@H](c2[nH]ncc2C(N)=O)C1COC. The first-order chi connectivity index (χ1) is 9.60. The molecule has 0 aromatic carbocycles. The van der Waals surface area contributed by atoms with E-state index in [0.29, 0.717) is 24.4 Å². The normalized spacial score (nSPS) is 21.9. The zero-order chi connectivity index (χ0) is 14.7. The van der Waals surface area contributed by atoms with Crippen LogP contribution in [0.2, 0.25) is 0 Å². The number of aromatic amines is 1. The summed E-state index contributed by atoms with van der Waals surface area (Å²) >= 11 is 0. The summed E-state index contributed by atoms with van der Waals surface area (Å²) in [6, 6.07) is -0.163. The molecule has 2 amide bonds. The zero-order valence-electron chi connectivity index (χ0n) is 11.3. The van der Waals surface area contributed by atoms with Gasteiger partial charge in [-0.05, 0) is 12.5 Å². The summed E-state index contributed by atoms with van der Waals surface area (Å²) in [5.41, 5.74) is 6.37. The molecule has 1 saturated heterocycles. The maximum Gasteiger partial charge on any atom is 0.252 e. The third-order valence-corrected chi connectivity index (χ3v) is 3.65. The Kier molecular flexibility index (Phi) is 4.19. The van der Waals surface area contributed by atoms with Crippen LogP contribution in [0.4, 0.5) is 0 Å². The summed E-state index contributed by atoms with van der Waals surface area (Å²) in [4.78, 5) is 25.0. The lowest BCUT2D eigenvalue weighted by Gasteiger charge is -2.26. The Bertz CT molecular complexity index is 525. The van der Waals surface area contributed by atoms with E-state index in [4.69, 9.17) is 10.5 Å². The number of primary amides is 1. The van der Waals surface area contributed by atoms with Crippen molar-refractivity contribution in [3.05, 3.63) is 30.1 Å². The molecule has 1 aromatic rings. The number of H-pyrrole nitrogens is 1. The van der Waals surface area contributed by atoms with Crippen LogP contribution in [0.25, 0.3) is 0 Å². The number of aromatic nitrogens is 2. The number of hydrogen-bond acceptors (Lipinski definition) is 4. The molecule has 7 nitrogen and oxygen atoms in total.